The van der Waals surface area contributed by atoms with Gasteiger partial charge in [-0.25, -0.2) is 14.4 Å². The van der Waals surface area contributed by atoms with Crippen LogP contribution in [0.1, 0.15) is 229 Å². The third-order valence-electron chi connectivity index (χ3n) is 11.7. The Kier molecular flexibility index (Phi) is 33.7. The van der Waals surface area contributed by atoms with Gasteiger partial charge < -0.3 is 33.5 Å². The highest BCUT2D eigenvalue weighted by Crippen LogP contribution is 2.43. The fourth-order valence-corrected chi connectivity index (χ4v) is 7.83. The van der Waals surface area contributed by atoms with E-state index in [-0.39, 0.29) is 29.4 Å². The van der Waals surface area contributed by atoms with E-state index in [1.54, 1.807) is 0 Å². The highest BCUT2D eigenvalue weighted by molar-refractivity contribution is 5.92. The van der Waals surface area contributed by atoms with Crippen LogP contribution in [0.3, 0.4) is 0 Å². The summed E-state index contributed by atoms with van der Waals surface area (Å²) in [6, 6.07) is 6.01. The average Bonchev–Trinajstić information content (AvgIpc) is 3.31. The van der Waals surface area contributed by atoms with Crippen molar-refractivity contribution in [1.29, 1.82) is 0 Å². The molecule has 1 N–H and O–H groups in total. The van der Waals surface area contributed by atoms with Crippen LogP contribution in [0.4, 0.5) is 0 Å². The van der Waals surface area contributed by atoms with Crippen LogP contribution in [0, 0.1) is 0 Å². The van der Waals surface area contributed by atoms with Gasteiger partial charge in [0.15, 0.2) is 23.0 Å². The van der Waals surface area contributed by atoms with Crippen molar-refractivity contribution in [2.75, 3.05) is 19.8 Å². The number of hydrogen-bond donors (Lipinski definition) is 1. The van der Waals surface area contributed by atoms with E-state index in [0.29, 0.717) is 42.6 Å². The fraction of sp³-hybridized carbons (Fsp3) is 0.661. The summed E-state index contributed by atoms with van der Waals surface area (Å²) in [4.78, 5) is 36.8. The van der Waals surface area contributed by atoms with Crippen LogP contribution in [0.15, 0.2) is 49.6 Å². The van der Waals surface area contributed by atoms with E-state index >= 15 is 0 Å². The first-order chi connectivity index (χ1) is 32.3. The first-order valence-corrected chi connectivity index (χ1v) is 26.1. The van der Waals surface area contributed by atoms with E-state index in [0.717, 1.165) is 62.8 Å². The fourth-order valence-electron chi connectivity index (χ4n) is 7.83. The van der Waals surface area contributed by atoms with Crippen molar-refractivity contribution in [3.63, 3.8) is 0 Å². The lowest BCUT2D eigenvalue weighted by atomic mass is 10.1. The Labute approximate surface area is 399 Å². The third-order valence-corrected chi connectivity index (χ3v) is 11.7. The van der Waals surface area contributed by atoms with Gasteiger partial charge in [0.25, 0.3) is 0 Å². The average molecular weight is 921 g/mol. The number of hydrogen-bond acceptors (Lipinski definition) is 9. The molecule has 0 aliphatic carbocycles. The summed E-state index contributed by atoms with van der Waals surface area (Å²) in [5.74, 6) is -2.00. The summed E-state index contributed by atoms with van der Waals surface area (Å²) in [5.41, 5.74) is 0.372. The third kappa shape index (κ3) is 26.6. The number of unbranched alkanes of at least 4 members (excludes halogenated alkanes) is 27. The van der Waals surface area contributed by atoms with Crippen molar-refractivity contribution in [3.05, 3.63) is 60.7 Å². The van der Waals surface area contributed by atoms with Gasteiger partial charge >= 0.3 is 17.9 Å². The maximum Gasteiger partial charge on any atom is 0.335 e. The molecule has 0 bridgehead atoms. The molecule has 0 aliphatic heterocycles. The number of benzene rings is 2. The first-order valence-electron chi connectivity index (χ1n) is 26.1. The molecule has 0 amide bonds. The van der Waals surface area contributed by atoms with Crippen LogP contribution in [0.5, 0.6) is 34.5 Å². The zero-order valence-corrected chi connectivity index (χ0v) is 41.5. The molecule has 66 heavy (non-hydrogen) atoms. The minimum Gasteiger partial charge on any atom is -0.490 e. The number of carbonyl (C=O) groups is 3. The standard InChI is InChI=1S/C56H88O10/c1-6-11-14-17-20-23-26-29-32-35-38-61-48-41-46(45-64-55-50(65-52(57)9-4)43-47(56(59)60)44-51(55)66-53(58)10-5)42-49(62-39-36-33-30-27-24-21-18-15-12-7-2)54(48)63-40-37-34-31-28-25-22-19-16-13-8-3/h9-10,41-44H,4-8,11-40,45H2,1-3H3,(H,59,60). The number of ether oxygens (including phenoxy) is 6. The van der Waals surface area contributed by atoms with E-state index < -0.39 is 17.9 Å². The molecule has 0 aliphatic rings. The van der Waals surface area contributed by atoms with Crippen LogP contribution in [-0.4, -0.2) is 42.8 Å². The first kappa shape index (κ1) is 57.7. The molecule has 2 aromatic rings. The lowest BCUT2D eigenvalue weighted by Crippen LogP contribution is -2.11. The van der Waals surface area contributed by atoms with Gasteiger partial charge in [-0.05, 0) is 49.1 Å². The van der Waals surface area contributed by atoms with E-state index in [9.17, 15) is 19.5 Å². The van der Waals surface area contributed by atoms with Crippen LogP contribution < -0.4 is 28.4 Å². The summed E-state index contributed by atoms with van der Waals surface area (Å²) in [6.07, 6.45) is 38.5. The Bertz CT molecular complexity index is 1540. The normalized spacial score (nSPS) is 11.0. The van der Waals surface area contributed by atoms with Crippen LogP contribution >= 0.6 is 0 Å². The molecule has 10 heteroatoms. The number of carboxylic acids is 1. The van der Waals surface area contributed by atoms with E-state index in [4.69, 9.17) is 28.4 Å². The van der Waals surface area contributed by atoms with Crippen molar-refractivity contribution < 1.29 is 47.9 Å². The Hall–Kier alpha value is -4.47. The van der Waals surface area contributed by atoms with Gasteiger partial charge in [-0.3, -0.25) is 0 Å². The minimum absolute atomic E-state index is 0.106. The summed E-state index contributed by atoms with van der Waals surface area (Å²) in [5, 5.41) is 9.82. The van der Waals surface area contributed by atoms with Crippen molar-refractivity contribution in [2.24, 2.45) is 0 Å². The molecule has 0 spiro atoms. The molecule has 0 radical (unpaired) electrons. The van der Waals surface area contributed by atoms with Gasteiger partial charge in [-0.2, -0.15) is 0 Å². The number of esters is 2. The summed E-state index contributed by atoms with van der Waals surface area (Å²) >= 11 is 0. The molecule has 0 atom stereocenters. The zero-order valence-electron chi connectivity index (χ0n) is 41.5. The van der Waals surface area contributed by atoms with Crippen molar-refractivity contribution in [3.8, 4) is 34.5 Å². The van der Waals surface area contributed by atoms with Gasteiger partial charge in [0.05, 0.1) is 25.4 Å². The molecule has 0 heterocycles. The van der Waals surface area contributed by atoms with Gasteiger partial charge in [-0.1, -0.05) is 207 Å². The molecule has 0 saturated heterocycles. The highest BCUT2D eigenvalue weighted by Gasteiger charge is 2.23. The highest BCUT2D eigenvalue weighted by atomic mass is 16.6. The topological polar surface area (TPSA) is 127 Å². The Morgan fingerprint density at radius 1 is 0.424 bits per heavy atom. The maximum absolute atomic E-state index is 12.4. The molecule has 10 nitrogen and oxygen atoms in total. The molecular formula is C56H88O10. The second kappa shape index (κ2) is 38.6. The van der Waals surface area contributed by atoms with Crippen molar-refractivity contribution >= 4 is 17.9 Å². The lowest BCUT2D eigenvalue weighted by Gasteiger charge is -2.20. The quantitative estimate of drug-likeness (QED) is 0.0297. The lowest BCUT2D eigenvalue weighted by molar-refractivity contribution is -0.129. The molecule has 0 aromatic heterocycles. The molecule has 2 aromatic carbocycles. The SMILES string of the molecule is C=CC(=O)Oc1cc(C(=O)O)cc(OC(=O)C=C)c1OCc1cc(OCCCCCCCCCCCC)c(OCCCCCCCCCCCC)c(OCCCCCCCCCCCC)c1. The van der Waals surface area contributed by atoms with Gasteiger partial charge in [0, 0.05) is 12.2 Å². The predicted molar refractivity (Wildman–Crippen MR) is 268 cm³/mol. The Morgan fingerprint density at radius 2 is 0.727 bits per heavy atom. The number of carbonyl (C=O) groups excluding carboxylic acids is 2. The second-order valence-electron chi connectivity index (χ2n) is 17.7. The number of rotatable bonds is 44. The largest absolute Gasteiger partial charge is 0.490 e. The summed E-state index contributed by atoms with van der Waals surface area (Å²) in [6.45, 7) is 15.1. The van der Waals surface area contributed by atoms with Gasteiger partial charge in [-0.15, -0.1) is 0 Å². The smallest absolute Gasteiger partial charge is 0.335 e. The Balaban J connectivity index is 2.35. The molecule has 0 saturated carbocycles. The number of carboxylic acid groups (broad SMARTS) is 1. The number of aromatic carboxylic acids is 1. The maximum atomic E-state index is 12.4. The minimum atomic E-state index is -1.32. The molecule has 372 valence electrons. The van der Waals surface area contributed by atoms with Crippen LogP contribution in [0.25, 0.3) is 0 Å². The van der Waals surface area contributed by atoms with Gasteiger partial charge in [0.1, 0.15) is 6.61 Å². The van der Waals surface area contributed by atoms with Crippen LogP contribution in [0.2, 0.25) is 0 Å². The summed E-state index contributed by atoms with van der Waals surface area (Å²) < 4.78 is 36.7. The van der Waals surface area contributed by atoms with Crippen molar-refractivity contribution in [2.45, 2.75) is 220 Å². The van der Waals surface area contributed by atoms with Crippen LogP contribution in [-0.2, 0) is 16.2 Å². The molecular weight excluding hydrogens is 833 g/mol. The van der Waals surface area contributed by atoms with Gasteiger partial charge in [0.2, 0.25) is 11.5 Å². The molecule has 0 unspecified atom stereocenters. The predicted octanol–water partition coefficient (Wildman–Crippen LogP) is 16.0. The van der Waals surface area contributed by atoms with Crippen molar-refractivity contribution in [1.82, 2.24) is 0 Å². The van der Waals surface area contributed by atoms with E-state index in [1.807, 2.05) is 12.1 Å². The monoisotopic (exact) mass is 921 g/mol. The molecule has 0 fully saturated rings. The Morgan fingerprint density at radius 3 is 1.05 bits per heavy atom. The van der Waals surface area contributed by atoms with E-state index in [2.05, 4.69) is 33.9 Å². The van der Waals surface area contributed by atoms with E-state index in [1.165, 1.54) is 154 Å². The second-order valence-corrected chi connectivity index (χ2v) is 17.7. The summed E-state index contributed by atoms with van der Waals surface area (Å²) in [7, 11) is 0. The molecule has 2 rings (SSSR count). The zero-order chi connectivity index (χ0) is 47.9.